The van der Waals surface area contributed by atoms with Crippen LogP contribution in [0.3, 0.4) is 0 Å². The highest BCUT2D eigenvalue weighted by Gasteiger charge is 2.47. The summed E-state index contributed by atoms with van der Waals surface area (Å²) in [5.74, 6) is -0.438. The highest BCUT2D eigenvalue weighted by atomic mass is 35.5. The summed E-state index contributed by atoms with van der Waals surface area (Å²) in [6.07, 6.45) is 2.89. The van der Waals surface area contributed by atoms with Gasteiger partial charge in [0, 0.05) is 18.8 Å². The smallest absolute Gasteiger partial charge is 0.393 e. The van der Waals surface area contributed by atoms with Crippen LogP contribution >= 0.6 is 11.6 Å². The van der Waals surface area contributed by atoms with Crippen LogP contribution in [-0.4, -0.2) is 67.4 Å². The molecular weight excluding hydrogens is 497 g/mol. The Balaban J connectivity index is 1.31. The zero-order chi connectivity index (χ0) is 25.4. The van der Waals surface area contributed by atoms with Gasteiger partial charge in [-0.15, -0.1) is 0 Å². The third-order valence-electron chi connectivity index (χ3n) is 8.13. The predicted octanol–water partition coefficient (Wildman–Crippen LogP) is 4.25. The zero-order valence-electron chi connectivity index (χ0n) is 19.7. The highest BCUT2D eigenvalue weighted by Crippen LogP contribution is 2.44. The van der Waals surface area contributed by atoms with E-state index in [2.05, 4.69) is 4.98 Å². The Labute approximate surface area is 211 Å². The largest absolute Gasteiger partial charge is 0.419 e. The normalized spacial score (nSPS) is 27.7. The van der Waals surface area contributed by atoms with Crippen molar-refractivity contribution in [2.45, 2.75) is 81.6 Å². The van der Waals surface area contributed by atoms with Gasteiger partial charge in [-0.3, -0.25) is 14.0 Å². The van der Waals surface area contributed by atoms with Crippen molar-refractivity contribution in [3.63, 3.8) is 0 Å². The minimum atomic E-state index is -4.65. The lowest BCUT2D eigenvalue weighted by molar-refractivity contribution is -0.144. The number of nitrogens with zero attached hydrogens (tertiary/aromatic N) is 4. The molecule has 0 spiro atoms. The van der Waals surface area contributed by atoms with Crippen molar-refractivity contribution in [2.75, 3.05) is 13.1 Å². The molecule has 1 aliphatic heterocycles. The number of alkyl halides is 3. The summed E-state index contributed by atoms with van der Waals surface area (Å²) in [6.45, 7) is 0.142. The SMILES string of the molecule is O=C(c1nc2c(C(F)(F)F)cc(C3CC3)cn2c1Cl)N1CC(=O)N(C2CCC(O)CC2)C(C2CC2)C1. The van der Waals surface area contributed by atoms with E-state index in [9.17, 15) is 27.9 Å². The van der Waals surface area contributed by atoms with Gasteiger partial charge in [-0.1, -0.05) is 11.6 Å². The summed E-state index contributed by atoms with van der Waals surface area (Å²) in [5.41, 5.74) is -1.04. The fourth-order valence-corrected chi connectivity index (χ4v) is 6.16. The lowest BCUT2D eigenvalue weighted by Crippen LogP contribution is -2.62. The number of carbonyl (C=O) groups excluding carboxylic acids is 2. The van der Waals surface area contributed by atoms with Gasteiger partial charge in [0.2, 0.25) is 5.91 Å². The van der Waals surface area contributed by atoms with Crippen molar-refractivity contribution < 1.29 is 27.9 Å². The van der Waals surface area contributed by atoms with E-state index in [0.29, 0.717) is 30.9 Å². The lowest BCUT2D eigenvalue weighted by Gasteiger charge is -2.46. The fraction of sp³-hybridized carbons (Fsp3) is 0.640. The maximum Gasteiger partial charge on any atom is 0.419 e. The van der Waals surface area contributed by atoms with Crippen LogP contribution in [0.5, 0.6) is 0 Å². The van der Waals surface area contributed by atoms with Gasteiger partial charge >= 0.3 is 6.18 Å². The molecule has 0 aromatic carbocycles. The molecule has 0 radical (unpaired) electrons. The van der Waals surface area contributed by atoms with Gasteiger partial charge in [-0.05, 0) is 74.8 Å². The molecule has 36 heavy (non-hydrogen) atoms. The van der Waals surface area contributed by atoms with E-state index in [-0.39, 0.29) is 47.4 Å². The number of aliphatic hydroxyl groups is 1. The van der Waals surface area contributed by atoms with Crippen molar-refractivity contribution in [3.05, 3.63) is 34.2 Å². The van der Waals surface area contributed by atoms with E-state index in [1.165, 1.54) is 4.90 Å². The molecule has 4 aliphatic rings. The molecule has 3 heterocycles. The van der Waals surface area contributed by atoms with E-state index in [0.717, 1.165) is 49.0 Å². The molecule has 11 heteroatoms. The Kier molecular flexibility index (Phi) is 5.75. The Morgan fingerprint density at radius 2 is 1.78 bits per heavy atom. The fourth-order valence-electron chi connectivity index (χ4n) is 5.90. The van der Waals surface area contributed by atoms with Crippen molar-refractivity contribution in [2.24, 2.45) is 5.92 Å². The molecule has 3 aliphatic carbocycles. The lowest BCUT2D eigenvalue weighted by atomic mass is 9.89. The molecule has 7 nitrogen and oxygen atoms in total. The Bertz CT molecular complexity index is 1220. The van der Waals surface area contributed by atoms with Crippen LogP contribution in [0.1, 0.15) is 78.9 Å². The molecular formula is C25H28ClF3N4O3. The molecule has 1 saturated heterocycles. The number of carbonyl (C=O) groups is 2. The summed E-state index contributed by atoms with van der Waals surface area (Å²) in [5, 5.41) is 9.71. The third-order valence-corrected chi connectivity index (χ3v) is 8.49. The van der Waals surface area contributed by atoms with E-state index in [1.54, 1.807) is 6.20 Å². The number of aliphatic hydroxyl groups excluding tert-OH is 1. The number of imidazole rings is 1. The molecule has 1 unspecified atom stereocenters. The second-order valence-corrected chi connectivity index (χ2v) is 11.1. The van der Waals surface area contributed by atoms with Crippen LogP contribution < -0.4 is 0 Å². The maximum absolute atomic E-state index is 13.9. The third kappa shape index (κ3) is 4.26. The van der Waals surface area contributed by atoms with Crippen molar-refractivity contribution >= 4 is 29.1 Å². The van der Waals surface area contributed by atoms with Gasteiger partial charge in [-0.2, -0.15) is 13.2 Å². The van der Waals surface area contributed by atoms with E-state index in [4.69, 9.17) is 11.6 Å². The molecule has 4 fully saturated rings. The summed E-state index contributed by atoms with van der Waals surface area (Å²) < 4.78 is 42.8. The van der Waals surface area contributed by atoms with Gasteiger partial charge in [-0.25, -0.2) is 4.98 Å². The summed E-state index contributed by atoms with van der Waals surface area (Å²) >= 11 is 6.47. The Hall–Kier alpha value is -2.33. The topological polar surface area (TPSA) is 78.2 Å². The Morgan fingerprint density at radius 3 is 2.39 bits per heavy atom. The monoisotopic (exact) mass is 524 g/mol. The summed E-state index contributed by atoms with van der Waals surface area (Å²) in [6, 6.07) is 1.01. The standard InChI is InChI=1S/C25H28ClF3N4O3/c26-22-21(30-23-18(25(27,28)29)9-15(10-32(22)23)13-1-2-13)24(36)31-11-19(14-3-4-14)33(20(35)12-31)16-5-7-17(34)8-6-16/h9-10,13-14,16-17,19,34H,1-8,11-12H2. The number of halogens is 4. The van der Waals surface area contributed by atoms with Crippen LogP contribution in [0.4, 0.5) is 13.2 Å². The molecule has 2 amide bonds. The van der Waals surface area contributed by atoms with E-state index >= 15 is 0 Å². The van der Waals surface area contributed by atoms with Gasteiger partial charge in [0.05, 0.1) is 17.7 Å². The number of hydrogen-bond acceptors (Lipinski definition) is 4. The van der Waals surface area contributed by atoms with Crippen LogP contribution in [0.25, 0.3) is 5.65 Å². The first kappa shape index (κ1) is 24.0. The number of rotatable bonds is 4. The number of pyridine rings is 1. The molecule has 3 saturated carbocycles. The van der Waals surface area contributed by atoms with Crippen LogP contribution in [0.2, 0.25) is 5.15 Å². The number of fused-ring (bicyclic) bond motifs is 1. The van der Waals surface area contributed by atoms with Gasteiger partial charge < -0.3 is 14.9 Å². The van der Waals surface area contributed by atoms with Crippen LogP contribution in [-0.2, 0) is 11.0 Å². The van der Waals surface area contributed by atoms with Gasteiger partial charge in [0.25, 0.3) is 5.91 Å². The zero-order valence-corrected chi connectivity index (χ0v) is 20.4. The van der Waals surface area contributed by atoms with Crippen LogP contribution in [0, 0.1) is 5.92 Å². The average Bonchev–Trinajstić information content (AvgIpc) is 3.75. The molecule has 1 atom stereocenters. The second kappa shape index (κ2) is 8.62. The van der Waals surface area contributed by atoms with E-state index < -0.39 is 23.3 Å². The Morgan fingerprint density at radius 1 is 1.08 bits per heavy atom. The first-order valence-electron chi connectivity index (χ1n) is 12.7. The first-order chi connectivity index (χ1) is 17.1. The molecule has 0 bridgehead atoms. The molecule has 194 valence electrons. The minimum absolute atomic E-state index is 0.0396. The quantitative estimate of drug-likeness (QED) is 0.648. The molecule has 6 rings (SSSR count). The van der Waals surface area contributed by atoms with Crippen molar-refractivity contribution in [1.29, 1.82) is 0 Å². The molecule has 2 aromatic rings. The highest BCUT2D eigenvalue weighted by molar-refractivity contribution is 6.33. The first-order valence-corrected chi connectivity index (χ1v) is 13.1. The predicted molar refractivity (Wildman–Crippen MR) is 125 cm³/mol. The maximum atomic E-state index is 13.9. The van der Waals surface area contributed by atoms with Crippen molar-refractivity contribution in [1.82, 2.24) is 19.2 Å². The minimum Gasteiger partial charge on any atom is -0.393 e. The van der Waals surface area contributed by atoms with Crippen LogP contribution in [0.15, 0.2) is 12.3 Å². The molecule has 1 N–H and O–H groups in total. The summed E-state index contributed by atoms with van der Waals surface area (Å²) in [4.78, 5) is 34.2. The number of amides is 2. The average molecular weight is 525 g/mol. The van der Waals surface area contributed by atoms with Crippen molar-refractivity contribution in [3.8, 4) is 0 Å². The van der Waals surface area contributed by atoms with Gasteiger partial charge in [0.15, 0.2) is 11.3 Å². The number of aromatic nitrogens is 2. The summed E-state index contributed by atoms with van der Waals surface area (Å²) in [7, 11) is 0. The number of hydrogen-bond donors (Lipinski definition) is 1. The number of piperazine rings is 1. The molecule has 2 aromatic heterocycles. The second-order valence-electron chi connectivity index (χ2n) is 10.8. The van der Waals surface area contributed by atoms with E-state index in [1.807, 2.05) is 4.90 Å². The van der Waals surface area contributed by atoms with Gasteiger partial charge in [0.1, 0.15) is 11.7 Å².